The zero-order valence-corrected chi connectivity index (χ0v) is 19.1. The zero-order valence-electron chi connectivity index (χ0n) is 19.1. The molecule has 4 rings (SSSR count). The predicted molar refractivity (Wildman–Crippen MR) is 111 cm³/mol. The third-order valence-corrected chi connectivity index (χ3v) is 7.78. The van der Waals surface area contributed by atoms with Gasteiger partial charge in [-0.2, -0.15) is 9.78 Å². The van der Waals surface area contributed by atoms with Crippen molar-refractivity contribution in [2.75, 3.05) is 13.1 Å². The number of hydrogen-bond acceptors (Lipinski definition) is 4. The summed E-state index contributed by atoms with van der Waals surface area (Å²) in [6, 6.07) is 0.495. The van der Waals surface area contributed by atoms with Crippen LogP contribution in [0.3, 0.4) is 0 Å². The Hall–Kier alpha value is -0.850. The van der Waals surface area contributed by atoms with Crippen molar-refractivity contribution in [3.8, 4) is 0 Å². The van der Waals surface area contributed by atoms with Crippen molar-refractivity contribution in [2.24, 2.45) is 23.7 Å². The third kappa shape index (κ3) is 3.70. The summed E-state index contributed by atoms with van der Waals surface area (Å²) in [5.41, 5.74) is 0. The standard InChI is InChI=1S/C23H40N2O4/c1-15(2)25(16(3)4)21(26)24-9-7-22(8-10-24)27-23(29-28-22)18(6)13-19-11-17(5)12-20(23)14-19/h15-20H,7-14H2,1-6H3. The molecular formula is C23H40N2O4. The zero-order chi connectivity index (χ0) is 21.0. The molecule has 2 spiro atoms. The molecule has 2 aliphatic carbocycles. The quantitative estimate of drug-likeness (QED) is 0.617. The molecule has 2 bridgehead atoms. The van der Waals surface area contributed by atoms with Crippen LogP contribution in [-0.2, 0) is 14.5 Å². The summed E-state index contributed by atoms with van der Waals surface area (Å²) in [5, 5.41) is 0. The average molecular weight is 409 g/mol. The second-order valence-electron chi connectivity index (χ2n) is 10.8. The van der Waals surface area contributed by atoms with Gasteiger partial charge < -0.3 is 14.5 Å². The third-order valence-electron chi connectivity index (χ3n) is 7.78. The number of fused-ring (bicyclic) bond motifs is 3. The van der Waals surface area contributed by atoms with Crippen LogP contribution < -0.4 is 0 Å². The summed E-state index contributed by atoms with van der Waals surface area (Å²) in [6.07, 6.45) is 6.18. The van der Waals surface area contributed by atoms with Gasteiger partial charge in [0.1, 0.15) is 0 Å². The topological polar surface area (TPSA) is 51.2 Å². The van der Waals surface area contributed by atoms with Gasteiger partial charge in [0.2, 0.25) is 11.6 Å². The largest absolute Gasteiger partial charge is 0.324 e. The van der Waals surface area contributed by atoms with Crippen LogP contribution in [0.25, 0.3) is 0 Å². The molecule has 4 aliphatic rings. The van der Waals surface area contributed by atoms with E-state index in [2.05, 4.69) is 41.5 Å². The van der Waals surface area contributed by atoms with Crippen molar-refractivity contribution in [3.63, 3.8) is 0 Å². The molecule has 0 radical (unpaired) electrons. The Labute approximate surface area is 176 Å². The van der Waals surface area contributed by atoms with Gasteiger partial charge in [0.25, 0.3) is 0 Å². The van der Waals surface area contributed by atoms with Crippen molar-refractivity contribution < 1.29 is 19.3 Å². The van der Waals surface area contributed by atoms with Crippen molar-refractivity contribution >= 4 is 6.03 Å². The van der Waals surface area contributed by atoms with Crippen LogP contribution in [0.4, 0.5) is 4.79 Å². The monoisotopic (exact) mass is 408 g/mol. The highest BCUT2D eigenvalue weighted by Gasteiger charge is 2.63. The Morgan fingerprint density at radius 3 is 2.24 bits per heavy atom. The minimum absolute atomic E-state index is 0.119. The Bertz CT molecular complexity index is 604. The lowest BCUT2D eigenvalue weighted by molar-refractivity contribution is -0.380. The van der Waals surface area contributed by atoms with E-state index in [4.69, 9.17) is 14.5 Å². The maximum Gasteiger partial charge on any atom is 0.320 e. The van der Waals surface area contributed by atoms with Crippen molar-refractivity contribution in [3.05, 3.63) is 0 Å². The molecule has 29 heavy (non-hydrogen) atoms. The number of ether oxygens (including phenoxy) is 1. The predicted octanol–water partition coefficient (Wildman–Crippen LogP) is 4.78. The smallest absolute Gasteiger partial charge is 0.320 e. The molecule has 4 fully saturated rings. The van der Waals surface area contributed by atoms with E-state index in [-0.39, 0.29) is 18.1 Å². The van der Waals surface area contributed by atoms with Gasteiger partial charge in [-0.1, -0.05) is 13.8 Å². The van der Waals surface area contributed by atoms with Gasteiger partial charge in [-0.25, -0.2) is 4.79 Å². The van der Waals surface area contributed by atoms with Gasteiger partial charge in [-0.05, 0) is 65.2 Å². The van der Waals surface area contributed by atoms with Crippen LogP contribution in [0.2, 0.25) is 0 Å². The van der Waals surface area contributed by atoms with Gasteiger partial charge in [-0.15, -0.1) is 0 Å². The van der Waals surface area contributed by atoms with Crippen LogP contribution in [0.15, 0.2) is 0 Å². The van der Waals surface area contributed by atoms with E-state index in [1.165, 1.54) is 12.8 Å². The Kier molecular flexibility index (Phi) is 5.67. The lowest BCUT2D eigenvalue weighted by atomic mass is 9.62. The summed E-state index contributed by atoms with van der Waals surface area (Å²) < 4.78 is 6.75. The van der Waals surface area contributed by atoms with Crippen LogP contribution >= 0.6 is 0 Å². The molecule has 0 aromatic heterocycles. The average Bonchev–Trinajstić information content (AvgIpc) is 3.00. The van der Waals surface area contributed by atoms with Gasteiger partial charge in [0.05, 0.1) is 0 Å². The summed E-state index contributed by atoms with van der Waals surface area (Å²) in [4.78, 5) is 29.0. The van der Waals surface area contributed by atoms with E-state index in [1.807, 2.05) is 9.80 Å². The fourth-order valence-corrected chi connectivity index (χ4v) is 6.56. The van der Waals surface area contributed by atoms with Crippen LogP contribution in [0.5, 0.6) is 0 Å². The normalized spacial score (nSPS) is 39.0. The van der Waals surface area contributed by atoms with E-state index in [0.717, 1.165) is 24.7 Å². The first-order chi connectivity index (χ1) is 13.7. The van der Waals surface area contributed by atoms with E-state index < -0.39 is 11.6 Å². The molecule has 5 atom stereocenters. The molecular weight excluding hydrogens is 368 g/mol. The SMILES string of the molecule is CC1CC2CC(C)C3(OOC4(CCN(C(=O)N(C(C)C)C(C)C)CC4)O3)C(C1)C2. The van der Waals surface area contributed by atoms with Crippen molar-refractivity contribution in [2.45, 2.75) is 104 Å². The minimum Gasteiger partial charge on any atom is -0.324 e. The number of urea groups is 1. The van der Waals surface area contributed by atoms with Crippen molar-refractivity contribution in [1.29, 1.82) is 0 Å². The second-order valence-corrected chi connectivity index (χ2v) is 10.8. The number of piperidine rings is 1. The number of likely N-dealkylation sites (tertiary alicyclic amines) is 1. The fraction of sp³-hybridized carbons (Fsp3) is 0.957. The molecule has 6 nitrogen and oxygen atoms in total. The molecule has 166 valence electrons. The first-order valence-corrected chi connectivity index (χ1v) is 11.8. The molecule has 6 heteroatoms. The molecule has 2 saturated heterocycles. The first-order valence-electron chi connectivity index (χ1n) is 11.8. The molecule has 2 aliphatic heterocycles. The number of carbonyl (C=O) groups is 1. The van der Waals surface area contributed by atoms with Crippen molar-refractivity contribution in [1.82, 2.24) is 9.80 Å². The number of amides is 2. The summed E-state index contributed by atoms with van der Waals surface area (Å²) in [5.74, 6) is 0.986. The summed E-state index contributed by atoms with van der Waals surface area (Å²) in [7, 11) is 0. The Morgan fingerprint density at radius 2 is 1.62 bits per heavy atom. The molecule has 2 saturated carbocycles. The van der Waals surface area contributed by atoms with Crippen LogP contribution in [0, 0.1) is 23.7 Å². The molecule has 0 N–H and O–H groups in total. The first kappa shape index (κ1) is 21.4. The van der Waals surface area contributed by atoms with Crippen LogP contribution in [-0.4, -0.2) is 52.6 Å². The highest BCUT2D eigenvalue weighted by atomic mass is 17.3. The van der Waals surface area contributed by atoms with E-state index in [0.29, 0.717) is 37.8 Å². The van der Waals surface area contributed by atoms with Gasteiger partial charge >= 0.3 is 6.03 Å². The highest BCUT2D eigenvalue weighted by molar-refractivity contribution is 5.75. The van der Waals surface area contributed by atoms with E-state index in [1.54, 1.807) is 0 Å². The van der Waals surface area contributed by atoms with Gasteiger partial charge in [-0.3, -0.25) is 0 Å². The molecule has 0 aromatic carbocycles. The molecule has 0 aromatic rings. The number of nitrogens with zero attached hydrogens (tertiary/aromatic N) is 2. The lowest BCUT2D eigenvalue weighted by Crippen LogP contribution is -2.57. The molecule has 2 heterocycles. The van der Waals surface area contributed by atoms with E-state index >= 15 is 0 Å². The van der Waals surface area contributed by atoms with Gasteiger partial charge in [0, 0.05) is 49.9 Å². The fourth-order valence-electron chi connectivity index (χ4n) is 6.56. The maximum absolute atomic E-state index is 13.0. The number of rotatable bonds is 2. The summed E-state index contributed by atoms with van der Waals surface area (Å²) >= 11 is 0. The highest BCUT2D eigenvalue weighted by Crippen LogP contribution is 2.57. The molecule has 5 unspecified atom stereocenters. The Morgan fingerprint density at radius 1 is 0.966 bits per heavy atom. The van der Waals surface area contributed by atoms with Gasteiger partial charge in [0.15, 0.2) is 0 Å². The number of carbonyl (C=O) groups excluding carboxylic acids is 1. The summed E-state index contributed by atoms with van der Waals surface area (Å²) in [6.45, 7) is 14.2. The lowest BCUT2D eigenvalue weighted by Gasteiger charge is -2.50. The minimum atomic E-state index is -0.695. The molecule has 2 amide bonds. The van der Waals surface area contributed by atoms with E-state index in [9.17, 15) is 4.79 Å². The Balaban J connectivity index is 1.43. The second kappa shape index (κ2) is 7.69. The van der Waals surface area contributed by atoms with Crippen LogP contribution in [0.1, 0.15) is 80.1 Å². The number of hydrogen-bond donors (Lipinski definition) is 0. The maximum atomic E-state index is 13.0.